The van der Waals surface area contributed by atoms with Gasteiger partial charge in [0, 0.05) is 0 Å². The van der Waals surface area contributed by atoms with Crippen LogP contribution in [0, 0.1) is 46.3 Å². The Morgan fingerprint density at radius 3 is 2.43 bits per heavy atom. The molecular weight excluding hydrogens is 372 g/mol. The molecule has 0 aromatic carbocycles. The molecule has 0 spiro atoms. The van der Waals surface area contributed by atoms with Crippen molar-refractivity contribution >= 4 is 0 Å². The number of hydrogen-bond acceptors (Lipinski definition) is 2. The Balaban J connectivity index is 0.00000256. The van der Waals surface area contributed by atoms with E-state index in [2.05, 4.69) is 40.7 Å². The highest BCUT2D eigenvalue weighted by Crippen LogP contribution is 2.67. The fraction of sp³-hybridized carbons (Fsp3) is 0.926. The molecule has 4 aliphatic carbocycles. The van der Waals surface area contributed by atoms with Gasteiger partial charge in [-0.2, -0.15) is 0 Å². The van der Waals surface area contributed by atoms with E-state index in [-0.39, 0.29) is 17.7 Å². The topological polar surface area (TPSA) is 72.0 Å². The average Bonchev–Trinajstić information content (AvgIpc) is 3.03. The molecule has 3 nitrogen and oxygen atoms in total. The summed E-state index contributed by atoms with van der Waals surface area (Å²) in [6, 6.07) is 0. The molecule has 4 aliphatic rings. The fourth-order valence-corrected chi connectivity index (χ4v) is 8.59. The fourth-order valence-electron chi connectivity index (χ4n) is 8.59. The van der Waals surface area contributed by atoms with E-state index in [0.29, 0.717) is 16.7 Å². The van der Waals surface area contributed by atoms with Gasteiger partial charge in [-0.05, 0) is 111 Å². The van der Waals surface area contributed by atoms with E-state index >= 15 is 0 Å². The maximum atomic E-state index is 10.3. The van der Waals surface area contributed by atoms with E-state index < -0.39 is 0 Å². The molecule has 0 aromatic rings. The van der Waals surface area contributed by atoms with E-state index in [1.165, 1.54) is 44.9 Å². The van der Waals surface area contributed by atoms with E-state index in [1.807, 2.05) is 0 Å². The molecule has 30 heavy (non-hydrogen) atoms. The molecule has 0 saturated heterocycles. The van der Waals surface area contributed by atoms with Crippen molar-refractivity contribution in [1.82, 2.24) is 0 Å². The van der Waals surface area contributed by atoms with Gasteiger partial charge in [0.05, 0.1) is 12.2 Å². The summed E-state index contributed by atoms with van der Waals surface area (Å²) in [6.45, 7) is 11.9. The molecule has 0 radical (unpaired) electrons. The Hall–Kier alpha value is -0.380. The van der Waals surface area contributed by atoms with Gasteiger partial charge in [-0.25, -0.2) is 0 Å². The second-order valence-corrected chi connectivity index (χ2v) is 12.3. The van der Waals surface area contributed by atoms with Crippen molar-refractivity contribution in [2.24, 2.45) is 46.3 Å². The van der Waals surface area contributed by atoms with Gasteiger partial charge in [-0.3, -0.25) is 0 Å². The Bertz CT molecular complexity index is 628. The highest BCUT2D eigenvalue weighted by molar-refractivity contribution is 5.25. The van der Waals surface area contributed by atoms with Gasteiger partial charge in [0.2, 0.25) is 0 Å². The number of aliphatic hydroxyl groups is 2. The van der Waals surface area contributed by atoms with E-state index in [9.17, 15) is 10.2 Å². The maximum Gasteiger partial charge on any atom is 0.0577 e. The lowest BCUT2D eigenvalue weighted by molar-refractivity contribution is -0.0579. The standard InChI is InChI=1S/C27H46O2.H2O/c1-17(2)25(29)11-6-18(3)22-9-10-23-21-8-7-19-16-20(28)12-14-26(19,4)24(21)13-15-27(22,23)5;/h7,17-18,20-25,28-29H,6,8-16H2,1-5H3;1H2/t18-,20+,21+,22-,23+,24+,25+,26+,27-;/m1./s1. The Morgan fingerprint density at radius 1 is 1.00 bits per heavy atom. The second kappa shape index (κ2) is 8.87. The molecule has 0 heterocycles. The highest BCUT2D eigenvalue weighted by atomic mass is 16.3. The molecule has 0 bridgehead atoms. The number of aliphatic hydroxyl groups excluding tert-OH is 2. The lowest BCUT2D eigenvalue weighted by atomic mass is 9.47. The predicted molar refractivity (Wildman–Crippen MR) is 124 cm³/mol. The minimum atomic E-state index is -0.137. The summed E-state index contributed by atoms with van der Waals surface area (Å²) in [4.78, 5) is 0. The zero-order valence-corrected chi connectivity index (χ0v) is 20.2. The minimum absolute atomic E-state index is 0. The third kappa shape index (κ3) is 3.92. The summed E-state index contributed by atoms with van der Waals surface area (Å²) in [5.41, 5.74) is 2.44. The Kier molecular flexibility index (Phi) is 7.17. The van der Waals surface area contributed by atoms with Crippen LogP contribution in [0.15, 0.2) is 11.6 Å². The minimum Gasteiger partial charge on any atom is -0.412 e. The molecule has 4 rings (SSSR count). The van der Waals surface area contributed by atoms with Crippen molar-refractivity contribution in [2.75, 3.05) is 0 Å². The third-order valence-electron chi connectivity index (χ3n) is 10.5. The molecule has 9 atom stereocenters. The molecule has 0 unspecified atom stereocenters. The smallest absolute Gasteiger partial charge is 0.0577 e. The van der Waals surface area contributed by atoms with Crippen LogP contribution in [0.4, 0.5) is 0 Å². The first-order valence-electron chi connectivity index (χ1n) is 12.7. The predicted octanol–water partition coefficient (Wildman–Crippen LogP) is 5.53. The molecule has 4 N–H and O–H groups in total. The van der Waals surface area contributed by atoms with Crippen LogP contribution in [0.5, 0.6) is 0 Å². The van der Waals surface area contributed by atoms with Crippen molar-refractivity contribution < 1.29 is 15.7 Å². The quantitative estimate of drug-likeness (QED) is 0.574. The summed E-state index contributed by atoms with van der Waals surface area (Å²) in [6.07, 6.45) is 14.4. The highest BCUT2D eigenvalue weighted by Gasteiger charge is 2.59. The van der Waals surface area contributed by atoms with Crippen LogP contribution in [-0.4, -0.2) is 27.9 Å². The SMILES string of the molecule is CC(C)[C@@H](O)CC[C@@H](C)[C@H]1CC[C@H]2[C@@H]3CC=C4C[C@@H](O)CC[C@]4(C)[C@H]3CC[C@]12C.O. The lowest BCUT2D eigenvalue weighted by Crippen LogP contribution is -2.50. The Morgan fingerprint density at radius 2 is 1.73 bits per heavy atom. The van der Waals surface area contributed by atoms with Crippen LogP contribution in [0.1, 0.15) is 98.8 Å². The number of rotatable bonds is 5. The van der Waals surface area contributed by atoms with E-state index in [1.54, 1.807) is 5.57 Å². The maximum absolute atomic E-state index is 10.3. The molecule has 3 saturated carbocycles. The van der Waals surface area contributed by atoms with Crippen LogP contribution in [0.2, 0.25) is 0 Å². The Labute approximate surface area is 185 Å². The monoisotopic (exact) mass is 420 g/mol. The van der Waals surface area contributed by atoms with Crippen molar-refractivity contribution in [1.29, 1.82) is 0 Å². The molecule has 0 amide bonds. The number of fused-ring (bicyclic) bond motifs is 5. The van der Waals surface area contributed by atoms with Gasteiger partial charge in [0.25, 0.3) is 0 Å². The normalized spacial score (nSPS) is 44.9. The molecule has 174 valence electrons. The summed E-state index contributed by atoms with van der Waals surface area (Å²) in [7, 11) is 0. The van der Waals surface area contributed by atoms with Crippen LogP contribution in [0.25, 0.3) is 0 Å². The lowest BCUT2D eigenvalue weighted by Gasteiger charge is -2.58. The average molecular weight is 421 g/mol. The van der Waals surface area contributed by atoms with Gasteiger partial charge in [-0.1, -0.05) is 46.3 Å². The van der Waals surface area contributed by atoms with Gasteiger partial charge >= 0.3 is 0 Å². The van der Waals surface area contributed by atoms with Gasteiger partial charge < -0.3 is 15.7 Å². The van der Waals surface area contributed by atoms with Gasteiger partial charge in [-0.15, -0.1) is 0 Å². The van der Waals surface area contributed by atoms with Gasteiger partial charge in [0.15, 0.2) is 0 Å². The van der Waals surface area contributed by atoms with E-state index in [0.717, 1.165) is 48.9 Å². The largest absolute Gasteiger partial charge is 0.412 e. The first kappa shape index (κ1) is 24.3. The van der Waals surface area contributed by atoms with Crippen molar-refractivity contribution in [3.63, 3.8) is 0 Å². The molecule has 0 aromatic heterocycles. The summed E-state index contributed by atoms with van der Waals surface area (Å²) in [5, 5.41) is 20.5. The van der Waals surface area contributed by atoms with Gasteiger partial charge in [0.1, 0.15) is 0 Å². The molecule has 3 fully saturated rings. The number of hydrogen-bond donors (Lipinski definition) is 2. The van der Waals surface area contributed by atoms with Crippen LogP contribution >= 0.6 is 0 Å². The van der Waals surface area contributed by atoms with Crippen molar-refractivity contribution in [3.8, 4) is 0 Å². The van der Waals surface area contributed by atoms with Crippen LogP contribution in [-0.2, 0) is 0 Å². The van der Waals surface area contributed by atoms with Crippen LogP contribution < -0.4 is 0 Å². The zero-order valence-electron chi connectivity index (χ0n) is 20.2. The summed E-state index contributed by atoms with van der Waals surface area (Å²) >= 11 is 0. The first-order chi connectivity index (χ1) is 13.7. The number of allylic oxidation sites excluding steroid dienone is 1. The van der Waals surface area contributed by atoms with E-state index in [4.69, 9.17) is 0 Å². The molecular formula is C27H48O3. The van der Waals surface area contributed by atoms with Crippen molar-refractivity contribution in [3.05, 3.63) is 11.6 Å². The van der Waals surface area contributed by atoms with Crippen LogP contribution in [0.3, 0.4) is 0 Å². The summed E-state index contributed by atoms with van der Waals surface area (Å²) in [5.74, 6) is 4.51. The summed E-state index contributed by atoms with van der Waals surface area (Å²) < 4.78 is 0. The third-order valence-corrected chi connectivity index (χ3v) is 10.5. The zero-order chi connectivity index (χ0) is 21.0. The molecule has 3 heteroatoms. The van der Waals surface area contributed by atoms with Crippen molar-refractivity contribution in [2.45, 2.75) is 111 Å². The molecule has 0 aliphatic heterocycles. The second-order valence-electron chi connectivity index (χ2n) is 12.3. The first-order valence-corrected chi connectivity index (χ1v) is 12.7.